The number of para-hydroxylation sites is 1. The van der Waals surface area contributed by atoms with Gasteiger partial charge in [-0.2, -0.15) is 0 Å². The number of benzene rings is 1. The zero-order chi connectivity index (χ0) is 12.1. The highest BCUT2D eigenvalue weighted by Gasteiger charge is 2.17. The molecule has 0 saturated heterocycles. The average molecular weight is 226 g/mol. The molecule has 90 valence electrons. The summed E-state index contributed by atoms with van der Waals surface area (Å²) in [6.07, 6.45) is -0.982. The summed E-state index contributed by atoms with van der Waals surface area (Å²) in [5, 5.41) is 18.6. The maximum absolute atomic E-state index is 9.66. The van der Waals surface area contributed by atoms with Crippen LogP contribution in [0.1, 0.15) is 25.5 Å². The van der Waals surface area contributed by atoms with E-state index in [1.54, 1.807) is 18.2 Å². The second kappa shape index (κ2) is 5.72. The van der Waals surface area contributed by atoms with Crippen LogP contribution in [0.2, 0.25) is 0 Å². The minimum atomic E-state index is -0.955. The van der Waals surface area contributed by atoms with Crippen LogP contribution in [0.3, 0.4) is 0 Å². The predicted octanol–water partition coefficient (Wildman–Crippen LogP) is 1.51. The summed E-state index contributed by atoms with van der Waals surface area (Å²) in [5.41, 5.74) is 0.538. The molecule has 0 aliphatic carbocycles. The molecule has 4 heteroatoms. The maximum atomic E-state index is 9.66. The van der Waals surface area contributed by atoms with Crippen molar-refractivity contribution in [3.63, 3.8) is 0 Å². The summed E-state index contributed by atoms with van der Waals surface area (Å²) in [5.74, 6) is 1.04. The number of hydrogen-bond acceptors (Lipinski definition) is 4. The van der Waals surface area contributed by atoms with Crippen LogP contribution in [0.25, 0.3) is 0 Å². The van der Waals surface area contributed by atoms with Crippen LogP contribution in [-0.4, -0.2) is 30.0 Å². The molecular weight excluding hydrogens is 208 g/mol. The Hall–Kier alpha value is -1.26. The Labute approximate surface area is 95.4 Å². The first kappa shape index (κ1) is 12.8. The molecule has 2 N–H and O–H groups in total. The Morgan fingerprint density at radius 3 is 2.50 bits per heavy atom. The monoisotopic (exact) mass is 226 g/mol. The lowest BCUT2D eigenvalue weighted by Crippen LogP contribution is -2.12. The molecule has 0 aliphatic rings. The Morgan fingerprint density at radius 2 is 2.00 bits per heavy atom. The first-order valence-corrected chi connectivity index (χ1v) is 5.22. The standard InChI is InChI=1S/C12H18O4/c1-8(2)16-12-9(10(14)7-13)5-4-6-11(12)15-3/h4-6,8,10,13-14H,7H2,1-3H3/t10-/m0/s1. The third kappa shape index (κ3) is 2.87. The first-order chi connectivity index (χ1) is 7.60. The van der Waals surface area contributed by atoms with Crippen molar-refractivity contribution in [3.05, 3.63) is 23.8 Å². The first-order valence-electron chi connectivity index (χ1n) is 5.22. The number of hydrogen-bond donors (Lipinski definition) is 2. The van der Waals surface area contributed by atoms with Crippen LogP contribution in [0.4, 0.5) is 0 Å². The zero-order valence-electron chi connectivity index (χ0n) is 9.80. The van der Waals surface area contributed by atoms with Gasteiger partial charge in [0.1, 0.15) is 6.10 Å². The molecule has 16 heavy (non-hydrogen) atoms. The molecule has 0 aromatic heterocycles. The molecule has 4 nitrogen and oxygen atoms in total. The van der Waals surface area contributed by atoms with E-state index in [4.69, 9.17) is 14.6 Å². The molecule has 0 spiro atoms. The fraction of sp³-hybridized carbons (Fsp3) is 0.500. The Morgan fingerprint density at radius 1 is 1.31 bits per heavy atom. The number of aliphatic hydroxyl groups is 2. The lowest BCUT2D eigenvalue weighted by atomic mass is 10.1. The highest BCUT2D eigenvalue weighted by atomic mass is 16.5. The van der Waals surface area contributed by atoms with Gasteiger partial charge in [0.25, 0.3) is 0 Å². The van der Waals surface area contributed by atoms with Gasteiger partial charge in [-0.3, -0.25) is 0 Å². The van der Waals surface area contributed by atoms with Gasteiger partial charge in [-0.1, -0.05) is 12.1 Å². The third-order valence-electron chi connectivity index (χ3n) is 2.11. The molecule has 0 heterocycles. The van der Waals surface area contributed by atoms with E-state index in [9.17, 15) is 5.11 Å². The fourth-order valence-corrected chi connectivity index (χ4v) is 1.42. The van der Waals surface area contributed by atoms with E-state index >= 15 is 0 Å². The summed E-state index contributed by atoms with van der Waals surface area (Å²) in [4.78, 5) is 0. The van der Waals surface area contributed by atoms with Crippen LogP contribution in [0.5, 0.6) is 11.5 Å². The average Bonchev–Trinajstić information content (AvgIpc) is 2.27. The highest BCUT2D eigenvalue weighted by molar-refractivity contribution is 5.47. The fourth-order valence-electron chi connectivity index (χ4n) is 1.42. The third-order valence-corrected chi connectivity index (χ3v) is 2.11. The highest BCUT2D eigenvalue weighted by Crippen LogP contribution is 2.35. The van der Waals surface area contributed by atoms with Gasteiger partial charge in [0.05, 0.1) is 19.8 Å². The van der Waals surface area contributed by atoms with E-state index in [0.717, 1.165) is 0 Å². The van der Waals surface area contributed by atoms with Crippen molar-refractivity contribution in [2.45, 2.75) is 26.1 Å². The van der Waals surface area contributed by atoms with Crippen molar-refractivity contribution >= 4 is 0 Å². The smallest absolute Gasteiger partial charge is 0.167 e. The van der Waals surface area contributed by atoms with Gasteiger partial charge in [-0.05, 0) is 19.9 Å². The van der Waals surface area contributed by atoms with Gasteiger partial charge < -0.3 is 19.7 Å². The van der Waals surface area contributed by atoms with Crippen molar-refractivity contribution in [2.24, 2.45) is 0 Å². The summed E-state index contributed by atoms with van der Waals surface area (Å²) in [7, 11) is 1.54. The Bertz CT molecular complexity index is 336. The van der Waals surface area contributed by atoms with Crippen LogP contribution in [0, 0.1) is 0 Å². The van der Waals surface area contributed by atoms with Crippen molar-refractivity contribution in [1.29, 1.82) is 0 Å². The normalized spacial score (nSPS) is 12.6. The van der Waals surface area contributed by atoms with Gasteiger partial charge in [0.15, 0.2) is 11.5 Å². The molecule has 1 rings (SSSR count). The van der Waals surface area contributed by atoms with Gasteiger partial charge in [0, 0.05) is 5.56 Å². The molecule has 1 atom stereocenters. The summed E-state index contributed by atoms with van der Waals surface area (Å²) < 4.78 is 10.8. The molecule has 0 amide bonds. The van der Waals surface area contributed by atoms with Gasteiger partial charge in [0.2, 0.25) is 0 Å². The van der Waals surface area contributed by atoms with E-state index in [-0.39, 0.29) is 12.7 Å². The van der Waals surface area contributed by atoms with Crippen LogP contribution in [0.15, 0.2) is 18.2 Å². The van der Waals surface area contributed by atoms with Gasteiger partial charge in [-0.25, -0.2) is 0 Å². The molecular formula is C12H18O4. The molecule has 0 saturated carbocycles. The molecule has 0 radical (unpaired) electrons. The number of aliphatic hydroxyl groups excluding tert-OH is 2. The molecule has 0 fully saturated rings. The summed E-state index contributed by atoms with van der Waals surface area (Å²) >= 11 is 0. The molecule has 1 aromatic rings. The number of methoxy groups -OCH3 is 1. The van der Waals surface area contributed by atoms with Crippen LogP contribution >= 0.6 is 0 Å². The molecule has 0 unspecified atom stereocenters. The lowest BCUT2D eigenvalue weighted by molar-refractivity contribution is 0.0905. The Kier molecular flexibility index (Phi) is 4.58. The van der Waals surface area contributed by atoms with Crippen molar-refractivity contribution in [3.8, 4) is 11.5 Å². The van der Waals surface area contributed by atoms with E-state index < -0.39 is 6.10 Å². The van der Waals surface area contributed by atoms with E-state index in [2.05, 4.69) is 0 Å². The lowest BCUT2D eigenvalue weighted by Gasteiger charge is -2.19. The minimum Gasteiger partial charge on any atom is -0.493 e. The van der Waals surface area contributed by atoms with Crippen LogP contribution < -0.4 is 9.47 Å². The van der Waals surface area contributed by atoms with Crippen molar-refractivity contribution in [1.82, 2.24) is 0 Å². The van der Waals surface area contributed by atoms with E-state index in [1.165, 1.54) is 7.11 Å². The van der Waals surface area contributed by atoms with E-state index in [1.807, 2.05) is 13.8 Å². The van der Waals surface area contributed by atoms with Crippen LogP contribution in [-0.2, 0) is 0 Å². The van der Waals surface area contributed by atoms with E-state index in [0.29, 0.717) is 17.1 Å². The number of rotatable bonds is 5. The second-order valence-corrected chi connectivity index (χ2v) is 3.74. The van der Waals surface area contributed by atoms with Crippen molar-refractivity contribution in [2.75, 3.05) is 13.7 Å². The van der Waals surface area contributed by atoms with Gasteiger partial charge >= 0.3 is 0 Å². The summed E-state index contributed by atoms with van der Waals surface area (Å²) in [6.45, 7) is 3.44. The minimum absolute atomic E-state index is 0.0269. The largest absolute Gasteiger partial charge is 0.493 e. The predicted molar refractivity (Wildman–Crippen MR) is 60.8 cm³/mol. The molecule has 0 aliphatic heterocycles. The topological polar surface area (TPSA) is 58.9 Å². The second-order valence-electron chi connectivity index (χ2n) is 3.74. The molecule has 1 aromatic carbocycles. The zero-order valence-corrected chi connectivity index (χ0v) is 9.80. The molecule has 0 bridgehead atoms. The Balaban J connectivity index is 3.14. The van der Waals surface area contributed by atoms with Crippen molar-refractivity contribution < 1.29 is 19.7 Å². The summed E-state index contributed by atoms with van der Waals surface area (Å²) in [6, 6.07) is 5.21. The quantitative estimate of drug-likeness (QED) is 0.799. The maximum Gasteiger partial charge on any atom is 0.167 e. The number of ether oxygens (including phenoxy) is 2. The SMILES string of the molecule is COc1cccc([C@@H](O)CO)c1OC(C)C. The van der Waals surface area contributed by atoms with Gasteiger partial charge in [-0.15, -0.1) is 0 Å².